The first kappa shape index (κ1) is 14.2. The van der Waals surface area contributed by atoms with E-state index in [1.165, 1.54) is 25.3 Å². The molecule has 2 aromatic rings. The zero-order valence-corrected chi connectivity index (χ0v) is 11.8. The zero-order chi connectivity index (χ0) is 14.8. The number of hydrogen-bond donors (Lipinski definition) is 0. The number of ether oxygens (including phenoxy) is 1. The van der Waals surface area contributed by atoms with E-state index in [4.69, 9.17) is 4.74 Å². The number of sulfone groups is 1. The van der Waals surface area contributed by atoms with Gasteiger partial charge in [-0.1, -0.05) is 0 Å². The van der Waals surface area contributed by atoms with Gasteiger partial charge >= 0.3 is 0 Å². The Morgan fingerprint density at radius 1 is 1.10 bits per heavy atom. The highest BCUT2D eigenvalue weighted by molar-refractivity contribution is 7.90. The molecule has 0 N–H and O–H groups in total. The van der Waals surface area contributed by atoms with Crippen LogP contribution in [-0.4, -0.2) is 25.4 Å². The second-order valence-corrected chi connectivity index (χ2v) is 6.30. The number of nitrogens with zero attached hydrogens (tertiary/aromatic N) is 1. The van der Waals surface area contributed by atoms with Crippen molar-refractivity contribution in [1.29, 1.82) is 0 Å². The molecule has 0 aliphatic rings. The molecule has 0 bridgehead atoms. The van der Waals surface area contributed by atoms with Crippen molar-refractivity contribution >= 4 is 15.6 Å². The minimum atomic E-state index is -3.22. The normalized spacial score (nSPS) is 11.1. The highest BCUT2D eigenvalue weighted by atomic mass is 32.2. The third kappa shape index (κ3) is 3.42. The van der Waals surface area contributed by atoms with E-state index in [0.717, 1.165) is 6.26 Å². The smallest absolute Gasteiger partial charge is 0.219 e. The monoisotopic (exact) mass is 291 g/mol. The maximum atomic E-state index is 11.3. The van der Waals surface area contributed by atoms with Crippen LogP contribution in [0, 0.1) is 0 Å². The number of hydrogen-bond acceptors (Lipinski definition) is 5. The molecule has 2 rings (SSSR count). The lowest BCUT2D eigenvalue weighted by Crippen LogP contribution is -1.97. The molecule has 0 aliphatic heterocycles. The quantitative estimate of drug-likeness (QED) is 0.809. The summed E-state index contributed by atoms with van der Waals surface area (Å²) in [4.78, 5) is 15.3. The summed E-state index contributed by atoms with van der Waals surface area (Å²) in [5.41, 5.74) is 0.504. The van der Waals surface area contributed by atoms with Crippen LogP contribution >= 0.6 is 0 Å². The number of pyridine rings is 1. The van der Waals surface area contributed by atoms with Crippen LogP contribution in [0.15, 0.2) is 47.5 Å². The van der Waals surface area contributed by atoms with Crippen LogP contribution in [0.2, 0.25) is 0 Å². The fourth-order valence-electron chi connectivity index (χ4n) is 1.52. The van der Waals surface area contributed by atoms with Crippen LogP contribution in [-0.2, 0) is 9.84 Å². The summed E-state index contributed by atoms with van der Waals surface area (Å²) in [5, 5.41) is 0. The Kier molecular flexibility index (Phi) is 3.85. The molecule has 1 aromatic heterocycles. The molecule has 0 amide bonds. The molecule has 0 aliphatic carbocycles. The molecule has 0 spiro atoms. The van der Waals surface area contributed by atoms with Crippen LogP contribution in [0.5, 0.6) is 11.6 Å². The number of Topliss-reactive ketones (excluding diaryl/α,β-unsaturated/α-hetero) is 1. The summed E-state index contributed by atoms with van der Waals surface area (Å²) >= 11 is 0. The van der Waals surface area contributed by atoms with Gasteiger partial charge in [0.25, 0.3) is 0 Å². The van der Waals surface area contributed by atoms with Crippen LogP contribution < -0.4 is 4.74 Å². The van der Waals surface area contributed by atoms with Crippen LogP contribution in [0.3, 0.4) is 0 Å². The van der Waals surface area contributed by atoms with Crippen molar-refractivity contribution in [2.45, 2.75) is 11.8 Å². The molecule has 1 heterocycles. The van der Waals surface area contributed by atoms with E-state index < -0.39 is 9.84 Å². The van der Waals surface area contributed by atoms with Crippen LogP contribution in [0.1, 0.15) is 17.3 Å². The largest absolute Gasteiger partial charge is 0.439 e. The molecule has 0 fully saturated rings. The molecule has 1 aromatic carbocycles. The van der Waals surface area contributed by atoms with Gasteiger partial charge in [-0.25, -0.2) is 13.4 Å². The highest BCUT2D eigenvalue weighted by Crippen LogP contribution is 2.21. The maximum absolute atomic E-state index is 11.3. The molecule has 5 nitrogen and oxygen atoms in total. The summed E-state index contributed by atoms with van der Waals surface area (Å²) in [7, 11) is -3.22. The van der Waals surface area contributed by atoms with Gasteiger partial charge in [0.05, 0.1) is 4.90 Å². The van der Waals surface area contributed by atoms with Crippen molar-refractivity contribution in [2.24, 2.45) is 0 Å². The van der Waals surface area contributed by atoms with E-state index in [1.807, 2.05) is 0 Å². The average molecular weight is 291 g/mol. The van der Waals surface area contributed by atoms with E-state index in [-0.39, 0.29) is 10.7 Å². The molecule has 104 valence electrons. The minimum absolute atomic E-state index is 0.0680. The van der Waals surface area contributed by atoms with Crippen molar-refractivity contribution in [3.63, 3.8) is 0 Å². The maximum Gasteiger partial charge on any atom is 0.219 e. The molecule has 20 heavy (non-hydrogen) atoms. The minimum Gasteiger partial charge on any atom is -0.439 e. The SMILES string of the molecule is CC(=O)c1ccc(Oc2ccc(S(C)(=O)=O)cc2)nc1. The first-order chi connectivity index (χ1) is 9.36. The summed E-state index contributed by atoms with van der Waals surface area (Å²) in [6.45, 7) is 1.46. The topological polar surface area (TPSA) is 73.3 Å². The summed E-state index contributed by atoms with van der Waals surface area (Å²) < 4.78 is 28.1. The Balaban J connectivity index is 2.16. The molecular weight excluding hydrogens is 278 g/mol. The number of aromatic nitrogens is 1. The molecular formula is C14H13NO4S. The predicted molar refractivity (Wildman–Crippen MR) is 73.9 cm³/mol. The van der Waals surface area contributed by atoms with Gasteiger partial charge in [-0.3, -0.25) is 4.79 Å². The molecule has 0 saturated heterocycles. The van der Waals surface area contributed by atoms with E-state index in [1.54, 1.807) is 24.3 Å². The standard InChI is InChI=1S/C14H13NO4S/c1-10(16)11-3-8-14(15-9-11)19-12-4-6-13(7-5-12)20(2,17)18/h3-9H,1-2H3. The predicted octanol–water partition coefficient (Wildman–Crippen LogP) is 2.48. The van der Waals surface area contributed by atoms with Gasteiger partial charge in [-0.15, -0.1) is 0 Å². The highest BCUT2D eigenvalue weighted by Gasteiger charge is 2.07. The van der Waals surface area contributed by atoms with E-state index in [9.17, 15) is 13.2 Å². The van der Waals surface area contributed by atoms with Crippen molar-refractivity contribution in [3.8, 4) is 11.6 Å². The summed E-state index contributed by atoms with van der Waals surface area (Å²) in [6, 6.07) is 9.24. The van der Waals surface area contributed by atoms with Crippen molar-refractivity contribution in [1.82, 2.24) is 4.98 Å². The zero-order valence-electron chi connectivity index (χ0n) is 11.0. The lowest BCUT2D eigenvalue weighted by Gasteiger charge is -2.05. The second kappa shape index (κ2) is 5.42. The fraction of sp³-hybridized carbons (Fsp3) is 0.143. The Hall–Kier alpha value is -2.21. The first-order valence-electron chi connectivity index (χ1n) is 5.81. The van der Waals surface area contributed by atoms with E-state index in [0.29, 0.717) is 17.2 Å². The Morgan fingerprint density at radius 3 is 2.20 bits per heavy atom. The van der Waals surface area contributed by atoms with Gasteiger partial charge in [0.15, 0.2) is 15.6 Å². The van der Waals surface area contributed by atoms with Crippen LogP contribution in [0.4, 0.5) is 0 Å². The number of carbonyl (C=O) groups excluding carboxylic acids is 1. The fourth-order valence-corrected chi connectivity index (χ4v) is 2.16. The number of benzene rings is 1. The van der Waals surface area contributed by atoms with Gasteiger partial charge in [-0.05, 0) is 37.3 Å². The first-order valence-corrected chi connectivity index (χ1v) is 7.70. The Labute approximate surface area is 117 Å². The van der Waals surface area contributed by atoms with Crippen molar-refractivity contribution in [3.05, 3.63) is 48.2 Å². The van der Waals surface area contributed by atoms with Gasteiger partial charge in [0, 0.05) is 24.1 Å². The Morgan fingerprint density at radius 2 is 1.75 bits per heavy atom. The van der Waals surface area contributed by atoms with Crippen LogP contribution in [0.25, 0.3) is 0 Å². The molecule has 6 heteroatoms. The molecule has 0 atom stereocenters. The lowest BCUT2D eigenvalue weighted by atomic mass is 10.2. The van der Waals surface area contributed by atoms with Gasteiger partial charge in [-0.2, -0.15) is 0 Å². The third-order valence-corrected chi connectivity index (χ3v) is 3.75. The van der Waals surface area contributed by atoms with E-state index >= 15 is 0 Å². The number of rotatable bonds is 4. The van der Waals surface area contributed by atoms with Gasteiger partial charge < -0.3 is 4.74 Å². The molecule has 0 unspecified atom stereocenters. The summed E-state index contributed by atoms with van der Waals surface area (Å²) in [5.74, 6) is 0.740. The third-order valence-electron chi connectivity index (χ3n) is 2.62. The van der Waals surface area contributed by atoms with Gasteiger partial charge in [0.1, 0.15) is 5.75 Å². The number of ketones is 1. The van der Waals surface area contributed by atoms with Gasteiger partial charge in [0.2, 0.25) is 5.88 Å². The second-order valence-electron chi connectivity index (χ2n) is 4.29. The summed E-state index contributed by atoms with van der Waals surface area (Å²) in [6.07, 6.45) is 2.58. The Bertz CT molecular complexity index is 719. The molecule has 0 saturated carbocycles. The number of carbonyl (C=O) groups is 1. The van der Waals surface area contributed by atoms with Crippen molar-refractivity contribution < 1.29 is 17.9 Å². The molecule has 0 radical (unpaired) electrons. The average Bonchev–Trinajstić information content (AvgIpc) is 2.39. The lowest BCUT2D eigenvalue weighted by molar-refractivity contribution is 0.101. The van der Waals surface area contributed by atoms with E-state index in [2.05, 4.69) is 4.98 Å². The van der Waals surface area contributed by atoms with Crippen molar-refractivity contribution in [2.75, 3.05) is 6.26 Å².